The molecule has 0 bridgehead atoms. The maximum atomic E-state index is 12.6. The summed E-state index contributed by atoms with van der Waals surface area (Å²) in [4.78, 5) is 0. The minimum atomic E-state index is -4.34. The van der Waals surface area contributed by atoms with Crippen LogP contribution in [0.4, 0.5) is 13.2 Å². The van der Waals surface area contributed by atoms with Crippen molar-refractivity contribution >= 4 is 0 Å². The lowest BCUT2D eigenvalue weighted by molar-refractivity contribution is -0.137. The molecule has 20 heavy (non-hydrogen) atoms. The van der Waals surface area contributed by atoms with Gasteiger partial charge in [0.2, 0.25) is 0 Å². The van der Waals surface area contributed by atoms with Gasteiger partial charge in [-0.05, 0) is 43.4 Å². The monoisotopic (exact) mass is 289 g/mol. The Morgan fingerprint density at radius 3 is 2.50 bits per heavy atom. The first-order valence-electron chi connectivity index (χ1n) is 6.88. The highest BCUT2D eigenvalue weighted by molar-refractivity contribution is 5.38. The molecular weight excluding hydrogens is 267 g/mol. The van der Waals surface area contributed by atoms with Crippen LogP contribution in [-0.2, 0) is 12.6 Å². The van der Waals surface area contributed by atoms with Crippen LogP contribution in [0.1, 0.15) is 43.7 Å². The third-order valence-electron chi connectivity index (χ3n) is 3.29. The number of rotatable bonds is 7. The number of nitrogens with two attached hydrogens (primary N) is 1. The Balaban J connectivity index is 2.66. The summed E-state index contributed by atoms with van der Waals surface area (Å²) in [5.41, 5.74) is 6.04. The fourth-order valence-electron chi connectivity index (χ4n) is 2.20. The van der Waals surface area contributed by atoms with E-state index in [1.165, 1.54) is 13.2 Å². The Labute approximate surface area is 118 Å². The molecule has 1 aromatic carbocycles. The van der Waals surface area contributed by atoms with Gasteiger partial charge < -0.3 is 10.5 Å². The average Bonchev–Trinajstić information content (AvgIpc) is 2.38. The van der Waals surface area contributed by atoms with E-state index < -0.39 is 11.7 Å². The molecule has 0 aromatic heterocycles. The summed E-state index contributed by atoms with van der Waals surface area (Å²) < 4.78 is 42.9. The lowest BCUT2D eigenvalue weighted by Crippen LogP contribution is -2.19. The highest BCUT2D eigenvalue weighted by Gasteiger charge is 2.31. The second-order valence-corrected chi connectivity index (χ2v) is 4.97. The van der Waals surface area contributed by atoms with E-state index in [0.29, 0.717) is 12.2 Å². The first-order valence-corrected chi connectivity index (χ1v) is 6.88. The molecule has 114 valence electrons. The molecule has 0 aliphatic rings. The SMILES string of the molecule is CCCC(N)CCCc1ccc(C(F)(F)F)cc1OC. The van der Waals surface area contributed by atoms with Crippen LogP contribution in [0, 0.1) is 0 Å². The predicted molar refractivity (Wildman–Crippen MR) is 73.8 cm³/mol. The molecule has 0 fully saturated rings. The number of alkyl halides is 3. The molecule has 0 saturated carbocycles. The zero-order valence-corrected chi connectivity index (χ0v) is 12.0. The van der Waals surface area contributed by atoms with Crippen LogP contribution in [0.15, 0.2) is 18.2 Å². The van der Waals surface area contributed by atoms with Gasteiger partial charge in [0.25, 0.3) is 0 Å². The highest BCUT2D eigenvalue weighted by atomic mass is 19.4. The summed E-state index contributed by atoms with van der Waals surface area (Å²) in [6.07, 6.45) is 0.0871. The average molecular weight is 289 g/mol. The van der Waals surface area contributed by atoms with E-state index in [1.54, 1.807) is 0 Å². The Hall–Kier alpha value is -1.23. The minimum Gasteiger partial charge on any atom is -0.496 e. The zero-order chi connectivity index (χ0) is 15.2. The quantitative estimate of drug-likeness (QED) is 0.818. The van der Waals surface area contributed by atoms with Crippen LogP contribution in [0.25, 0.3) is 0 Å². The number of hydrogen-bond donors (Lipinski definition) is 1. The van der Waals surface area contributed by atoms with Crippen molar-refractivity contribution in [2.45, 2.75) is 51.2 Å². The summed E-state index contributed by atoms with van der Waals surface area (Å²) in [6, 6.07) is 3.82. The molecule has 0 spiro atoms. The van der Waals surface area contributed by atoms with Crippen LogP contribution in [0.3, 0.4) is 0 Å². The van der Waals surface area contributed by atoms with E-state index >= 15 is 0 Å². The van der Waals surface area contributed by atoms with Gasteiger partial charge in [-0.1, -0.05) is 19.4 Å². The fraction of sp³-hybridized carbons (Fsp3) is 0.600. The third-order valence-corrected chi connectivity index (χ3v) is 3.29. The van der Waals surface area contributed by atoms with Gasteiger partial charge in [-0.2, -0.15) is 13.2 Å². The fourth-order valence-corrected chi connectivity index (χ4v) is 2.20. The molecule has 0 amide bonds. The van der Waals surface area contributed by atoms with Crippen molar-refractivity contribution in [1.29, 1.82) is 0 Å². The smallest absolute Gasteiger partial charge is 0.416 e. The van der Waals surface area contributed by atoms with Gasteiger partial charge in [-0.15, -0.1) is 0 Å². The standard InChI is InChI=1S/C15H22F3NO/c1-3-5-13(19)7-4-6-11-8-9-12(15(16,17)18)10-14(11)20-2/h8-10,13H,3-7,19H2,1-2H3. The van der Waals surface area contributed by atoms with Crippen LogP contribution in [-0.4, -0.2) is 13.2 Å². The summed E-state index contributed by atoms with van der Waals surface area (Å²) in [5, 5.41) is 0. The first kappa shape index (κ1) is 16.8. The van der Waals surface area contributed by atoms with Gasteiger partial charge in [0, 0.05) is 6.04 Å². The van der Waals surface area contributed by atoms with Crippen LogP contribution < -0.4 is 10.5 Å². The molecule has 0 heterocycles. The number of ether oxygens (including phenoxy) is 1. The normalized spacial score (nSPS) is 13.3. The van der Waals surface area contributed by atoms with Crippen molar-refractivity contribution in [2.75, 3.05) is 7.11 Å². The van der Waals surface area contributed by atoms with Crippen molar-refractivity contribution in [1.82, 2.24) is 0 Å². The summed E-state index contributed by atoms with van der Waals surface area (Å²) in [7, 11) is 1.39. The minimum absolute atomic E-state index is 0.167. The summed E-state index contributed by atoms with van der Waals surface area (Å²) >= 11 is 0. The van der Waals surface area contributed by atoms with Crippen molar-refractivity contribution < 1.29 is 17.9 Å². The molecule has 0 radical (unpaired) electrons. The molecule has 1 rings (SSSR count). The maximum absolute atomic E-state index is 12.6. The Morgan fingerprint density at radius 1 is 1.25 bits per heavy atom. The summed E-state index contributed by atoms with van der Waals surface area (Å²) in [6.45, 7) is 2.08. The number of methoxy groups -OCH3 is 1. The van der Waals surface area contributed by atoms with E-state index in [2.05, 4.69) is 6.92 Å². The summed E-state index contributed by atoms with van der Waals surface area (Å²) in [5.74, 6) is 0.295. The lowest BCUT2D eigenvalue weighted by Gasteiger charge is -2.14. The van der Waals surface area contributed by atoms with Gasteiger partial charge in [0.1, 0.15) is 5.75 Å². The van der Waals surface area contributed by atoms with Gasteiger partial charge in [-0.3, -0.25) is 0 Å². The van der Waals surface area contributed by atoms with Gasteiger partial charge in [0.15, 0.2) is 0 Å². The van der Waals surface area contributed by atoms with E-state index in [0.717, 1.165) is 43.4 Å². The number of hydrogen-bond acceptors (Lipinski definition) is 2. The third kappa shape index (κ3) is 5.04. The Kier molecular flexibility index (Phi) is 6.33. The van der Waals surface area contributed by atoms with E-state index in [1.807, 2.05) is 0 Å². The van der Waals surface area contributed by atoms with E-state index in [4.69, 9.17) is 10.5 Å². The number of halogens is 3. The largest absolute Gasteiger partial charge is 0.496 e. The van der Waals surface area contributed by atoms with Crippen molar-refractivity contribution in [3.05, 3.63) is 29.3 Å². The molecule has 1 unspecified atom stereocenters. The zero-order valence-electron chi connectivity index (χ0n) is 12.0. The molecule has 1 aromatic rings. The van der Waals surface area contributed by atoms with Crippen molar-refractivity contribution in [3.8, 4) is 5.75 Å². The lowest BCUT2D eigenvalue weighted by atomic mass is 10.0. The second-order valence-electron chi connectivity index (χ2n) is 4.97. The van der Waals surface area contributed by atoms with Gasteiger partial charge in [-0.25, -0.2) is 0 Å². The number of aryl methyl sites for hydroxylation is 1. The van der Waals surface area contributed by atoms with Gasteiger partial charge in [0.05, 0.1) is 12.7 Å². The Morgan fingerprint density at radius 2 is 1.95 bits per heavy atom. The molecule has 1 atom stereocenters. The predicted octanol–water partition coefficient (Wildman–Crippen LogP) is 4.16. The molecule has 5 heteroatoms. The molecule has 2 N–H and O–H groups in total. The Bertz CT molecular complexity index is 418. The van der Waals surface area contributed by atoms with Crippen LogP contribution in [0.2, 0.25) is 0 Å². The van der Waals surface area contributed by atoms with Crippen LogP contribution >= 0.6 is 0 Å². The molecule has 2 nitrogen and oxygen atoms in total. The van der Waals surface area contributed by atoms with Gasteiger partial charge >= 0.3 is 6.18 Å². The molecule has 0 aliphatic heterocycles. The molecule has 0 saturated heterocycles. The number of benzene rings is 1. The van der Waals surface area contributed by atoms with E-state index in [9.17, 15) is 13.2 Å². The first-order chi connectivity index (χ1) is 9.38. The van der Waals surface area contributed by atoms with E-state index in [-0.39, 0.29) is 6.04 Å². The molecule has 0 aliphatic carbocycles. The van der Waals surface area contributed by atoms with Crippen molar-refractivity contribution in [2.24, 2.45) is 5.73 Å². The maximum Gasteiger partial charge on any atom is 0.416 e. The molecular formula is C15H22F3NO. The van der Waals surface area contributed by atoms with Crippen LogP contribution in [0.5, 0.6) is 5.75 Å². The second kappa shape index (κ2) is 7.53. The highest BCUT2D eigenvalue weighted by Crippen LogP contribution is 2.33. The van der Waals surface area contributed by atoms with Crippen molar-refractivity contribution in [3.63, 3.8) is 0 Å². The topological polar surface area (TPSA) is 35.2 Å².